The van der Waals surface area contributed by atoms with Gasteiger partial charge in [-0.05, 0) is 17.7 Å². The standard InChI is InChI=1S/C13H17Cl2NO7S2/c1-24(19,20)9-5-3-8(4-6-9)11(23-25(2,21)22)10(7-17)16-13(18)12(14)15/h3-6,10-12,17H,7H2,1-2H3,(H,16,18)/t10-,11+/m1/s1. The monoisotopic (exact) mass is 433 g/mol. The summed E-state index contributed by atoms with van der Waals surface area (Å²) in [6.45, 7) is -0.680. The zero-order valence-corrected chi connectivity index (χ0v) is 16.4. The van der Waals surface area contributed by atoms with Crippen LogP contribution in [0.5, 0.6) is 0 Å². The molecule has 25 heavy (non-hydrogen) atoms. The van der Waals surface area contributed by atoms with Crippen molar-refractivity contribution in [1.29, 1.82) is 0 Å². The van der Waals surface area contributed by atoms with Crippen LogP contribution in [0.25, 0.3) is 0 Å². The molecule has 1 aromatic carbocycles. The smallest absolute Gasteiger partial charge is 0.265 e. The van der Waals surface area contributed by atoms with Gasteiger partial charge in [0.15, 0.2) is 14.7 Å². The van der Waals surface area contributed by atoms with Crippen LogP contribution in [-0.2, 0) is 28.9 Å². The van der Waals surface area contributed by atoms with Crippen LogP contribution < -0.4 is 5.32 Å². The lowest BCUT2D eigenvalue weighted by Crippen LogP contribution is -2.45. The molecule has 0 fully saturated rings. The van der Waals surface area contributed by atoms with Crippen LogP contribution in [0.4, 0.5) is 0 Å². The second-order valence-electron chi connectivity index (χ2n) is 5.16. The molecule has 0 radical (unpaired) electrons. The van der Waals surface area contributed by atoms with Crippen LogP contribution in [-0.4, -0.2) is 57.8 Å². The molecule has 0 aliphatic heterocycles. The van der Waals surface area contributed by atoms with Gasteiger partial charge in [0.2, 0.25) is 0 Å². The average molecular weight is 434 g/mol. The largest absolute Gasteiger partial charge is 0.394 e. The number of rotatable bonds is 8. The minimum absolute atomic E-state index is 0.0144. The Morgan fingerprint density at radius 2 is 1.68 bits per heavy atom. The number of aliphatic hydroxyl groups is 1. The number of alkyl halides is 2. The first-order valence-electron chi connectivity index (χ1n) is 6.73. The quantitative estimate of drug-likeness (QED) is 0.448. The van der Waals surface area contributed by atoms with Crippen molar-refractivity contribution in [2.45, 2.75) is 21.9 Å². The fourth-order valence-electron chi connectivity index (χ4n) is 1.91. The van der Waals surface area contributed by atoms with Gasteiger partial charge >= 0.3 is 0 Å². The molecule has 1 aromatic rings. The van der Waals surface area contributed by atoms with Gasteiger partial charge in [-0.3, -0.25) is 8.98 Å². The molecule has 0 aliphatic rings. The molecule has 0 heterocycles. The fourth-order valence-corrected chi connectivity index (χ4v) is 3.29. The Hall–Kier alpha value is -0.910. The predicted molar refractivity (Wildman–Crippen MR) is 92.7 cm³/mol. The van der Waals surface area contributed by atoms with E-state index in [4.69, 9.17) is 27.4 Å². The van der Waals surface area contributed by atoms with Gasteiger partial charge in [0.1, 0.15) is 6.10 Å². The maximum Gasteiger partial charge on any atom is 0.265 e. The number of sulfone groups is 1. The van der Waals surface area contributed by atoms with E-state index in [0.717, 1.165) is 12.5 Å². The molecule has 0 aliphatic carbocycles. The minimum Gasteiger partial charge on any atom is -0.394 e. The summed E-state index contributed by atoms with van der Waals surface area (Å²) in [7, 11) is -7.42. The number of carbonyl (C=O) groups is 1. The van der Waals surface area contributed by atoms with Crippen LogP contribution in [0.3, 0.4) is 0 Å². The Morgan fingerprint density at radius 1 is 1.16 bits per heavy atom. The number of nitrogens with one attached hydrogen (secondary N) is 1. The van der Waals surface area contributed by atoms with Crippen LogP contribution >= 0.6 is 23.2 Å². The van der Waals surface area contributed by atoms with E-state index in [0.29, 0.717) is 0 Å². The molecule has 1 amide bonds. The van der Waals surface area contributed by atoms with E-state index >= 15 is 0 Å². The van der Waals surface area contributed by atoms with Gasteiger partial charge in [0, 0.05) is 6.26 Å². The predicted octanol–water partition coefficient (Wildman–Crippen LogP) is 0.388. The topological polar surface area (TPSA) is 127 Å². The van der Waals surface area contributed by atoms with Gasteiger partial charge in [0.05, 0.1) is 23.8 Å². The molecular formula is C13H17Cl2NO7S2. The zero-order chi connectivity index (χ0) is 19.4. The zero-order valence-electron chi connectivity index (χ0n) is 13.2. The first kappa shape index (κ1) is 22.1. The molecule has 0 unspecified atom stereocenters. The lowest BCUT2D eigenvalue weighted by molar-refractivity contribution is -0.121. The first-order chi connectivity index (χ1) is 11.3. The van der Waals surface area contributed by atoms with E-state index in [1.165, 1.54) is 24.3 Å². The number of amides is 1. The van der Waals surface area contributed by atoms with E-state index in [1.54, 1.807) is 0 Å². The Kier molecular flexibility index (Phi) is 7.66. The second kappa shape index (κ2) is 8.65. The molecule has 0 spiro atoms. The lowest BCUT2D eigenvalue weighted by Gasteiger charge is -2.26. The van der Waals surface area contributed by atoms with E-state index in [1.807, 2.05) is 0 Å². The van der Waals surface area contributed by atoms with Crippen molar-refractivity contribution in [1.82, 2.24) is 5.32 Å². The molecular weight excluding hydrogens is 417 g/mol. The van der Waals surface area contributed by atoms with E-state index in [2.05, 4.69) is 5.32 Å². The van der Waals surface area contributed by atoms with Crippen molar-refractivity contribution in [3.8, 4) is 0 Å². The third-order valence-electron chi connectivity index (χ3n) is 3.00. The average Bonchev–Trinajstić information content (AvgIpc) is 2.48. The summed E-state index contributed by atoms with van der Waals surface area (Å²) in [6.07, 6.45) is 0.502. The molecule has 2 N–H and O–H groups in total. The van der Waals surface area contributed by atoms with Crippen LogP contribution in [0.1, 0.15) is 11.7 Å². The molecule has 0 bridgehead atoms. The van der Waals surface area contributed by atoms with Crippen molar-refractivity contribution in [2.75, 3.05) is 19.1 Å². The SMILES string of the molecule is CS(=O)(=O)O[C@@H](c1ccc(S(C)(=O)=O)cc1)[C@@H](CO)NC(=O)C(Cl)Cl. The van der Waals surface area contributed by atoms with Crippen LogP contribution in [0, 0.1) is 0 Å². The minimum atomic E-state index is -3.97. The maximum absolute atomic E-state index is 11.6. The first-order valence-corrected chi connectivity index (χ1v) is 11.3. The Morgan fingerprint density at radius 3 is 2.04 bits per heavy atom. The summed E-state index contributed by atoms with van der Waals surface area (Å²) in [5.41, 5.74) is 0.220. The van der Waals surface area contributed by atoms with Crippen molar-refractivity contribution < 1.29 is 30.9 Å². The Labute approximate surface area is 156 Å². The summed E-state index contributed by atoms with van der Waals surface area (Å²) in [5, 5.41) is 11.8. The molecule has 0 saturated heterocycles. The highest BCUT2D eigenvalue weighted by Crippen LogP contribution is 2.25. The van der Waals surface area contributed by atoms with Crippen molar-refractivity contribution in [3.63, 3.8) is 0 Å². The summed E-state index contributed by atoms with van der Waals surface area (Å²) >= 11 is 10.9. The van der Waals surface area contributed by atoms with Gasteiger partial charge in [-0.25, -0.2) is 8.42 Å². The summed E-state index contributed by atoms with van der Waals surface area (Å²) in [4.78, 5) is 10.2. The van der Waals surface area contributed by atoms with Crippen molar-refractivity contribution >= 4 is 49.1 Å². The molecule has 142 valence electrons. The fraction of sp³-hybridized carbons (Fsp3) is 0.462. The van der Waals surface area contributed by atoms with Gasteiger partial charge in [0.25, 0.3) is 16.0 Å². The molecule has 0 aromatic heterocycles. The lowest BCUT2D eigenvalue weighted by atomic mass is 10.0. The van der Waals surface area contributed by atoms with E-state index < -0.39 is 49.5 Å². The highest BCUT2D eigenvalue weighted by atomic mass is 35.5. The molecule has 0 saturated carbocycles. The number of aliphatic hydroxyl groups excluding tert-OH is 1. The summed E-state index contributed by atoms with van der Waals surface area (Å²) in [6, 6.07) is 3.96. The number of hydrogen-bond acceptors (Lipinski definition) is 7. The van der Waals surface area contributed by atoms with Crippen molar-refractivity contribution in [3.05, 3.63) is 29.8 Å². The van der Waals surface area contributed by atoms with Gasteiger partial charge < -0.3 is 10.4 Å². The van der Waals surface area contributed by atoms with Crippen LogP contribution in [0.15, 0.2) is 29.2 Å². The molecule has 12 heteroatoms. The summed E-state index contributed by atoms with van der Waals surface area (Å²) < 4.78 is 51.0. The maximum atomic E-state index is 11.6. The second-order valence-corrected chi connectivity index (χ2v) is 9.87. The molecule has 8 nitrogen and oxygen atoms in total. The molecule has 1 rings (SSSR count). The number of halogens is 2. The normalized spacial score (nSPS) is 15.0. The van der Waals surface area contributed by atoms with Gasteiger partial charge in [-0.2, -0.15) is 8.42 Å². The third-order valence-corrected chi connectivity index (χ3v) is 5.09. The highest BCUT2D eigenvalue weighted by molar-refractivity contribution is 7.90. The van der Waals surface area contributed by atoms with E-state index in [-0.39, 0.29) is 10.5 Å². The van der Waals surface area contributed by atoms with Gasteiger partial charge in [-0.1, -0.05) is 35.3 Å². The summed E-state index contributed by atoms with van der Waals surface area (Å²) in [5.74, 6) is -0.850. The van der Waals surface area contributed by atoms with E-state index in [9.17, 15) is 26.7 Å². The Balaban J connectivity index is 3.25. The number of hydrogen-bond donors (Lipinski definition) is 2. The van der Waals surface area contributed by atoms with Crippen molar-refractivity contribution in [2.24, 2.45) is 0 Å². The van der Waals surface area contributed by atoms with Gasteiger partial charge in [-0.15, -0.1) is 0 Å². The third kappa shape index (κ3) is 7.08. The van der Waals surface area contributed by atoms with Crippen LogP contribution in [0.2, 0.25) is 0 Å². The number of benzene rings is 1. The molecule has 2 atom stereocenters. The number of carbonyl (C=O) groups excluding carboxylic acids is 1. The highest BCUT2D eigenvalue weighted by Gasteiger charge is 2.30. The Bertz CT molecular complexity index is 807.